The molecule has 0 aromatic heterocycles. The maximum Gasteiger partial charge on any atom is 0.0450 e. The largest absolute Gasteiger partial charge is 0.323 e. The molecule has 2 N–H and O–H groups in total. The lowest BCUT2D eigenvalue weighted by Crippen LogP contribution is -2.44. The van der Waals surface area contributed by atoms with Crippen molar-refractivity contribution in [2.75, 3.05) is 7.05 Å². The molecule has 2 heteroatoms. The van der Waals surface area contributed by atoms with Gasteiger partial charge in [-0.3, -0.25) is 4.90 Å². The van der Waals surface area contributed by atoms with Crippen molar-refractivity contribution in [3.63, 3.8) is 0 Å². The highest BCUT2D eigenvalue weighted by Crippen LogP contribution is 2.26. The molecule has 2 atom stereocenters. The van der Waals surface area contributed by atoms with Gasteiger partial charge in [0.05, 0.1) is 0 Å². The van der Waals surface area contributed by atoms with Gasteiger partial charge >= 0.3 is 0 Å². The molecular weight excluding hydrogens is 244 g/mol. The number of hydrogen-bond donors (Lipinski definition) is 1. The Labute approximate surface area is 124 Å². The highest BCUT2D eigenvalue weighted by molar-refractivity contribution is 5.24. The molecule has 1 aromatic rings. The Hall–Kier alpha value is -0.860. The van der Waals surface area contributed by atoms with Crippen molar-refractivity contribution >= 4 is 0 Å². The lowest BCUT2D eigenvalue weighted by molar-refractivity contribution is 0.148. The number of hydrogen-bond acceptors (Lipinski definition) is 2. The van der Waals surface area contributed by atoms with Gasteiger partial charge in [0.2, 0.25) is 0 Å². The molecule has 0 radical (unpaired) electrons. The van der Waals surface area contributed by atoms with Crippen LogP contribution in [0.3, 0.4) is 0 Å². The molecule has 2 nitrogen and oxygen atoms in total. The first kappa shape index (κ1) is 15.5. The molecule has 0 aliphatic heterocycles. The maximum absolute atomic E-state index is 6.49. The fourth-order valence-corrected chi connectivity index (χ4v) is 3.32. The van der Waals surface area contributed by atoms with Crippen LogP contribution in [0.2, 0.25) is 0 Å². The van der Waals surface area contributed by atoms with E-state index < -0.39 is 0 Å². The molecule has 0 heterocycles. The van der Waals surface area contributed by atoms with Crippen LogP contribution >= 0.6 is 0 Å². The second-order valence-corrected chi connectivity index (χ2v) is 6.49. The Kier molecular flexibility index (Phi) is 5.62. The van der Waals surface area contributed by atoms with Crippen LogP contribution in [0.25, 0.3) is 0 Å². The van der Waals surface area contributed by atoms with Crippen molar-refractivity contribution in [3.8, 4) is 0 Å². The van der Waals surface area contributed by atoms with E-state index in [2.05, 4.69) is 50.1 Å². The second kappa shape index (κ2) is 7.24. The average Bonchev–Trinajstić information content (AvgIpc) is 2.75. The van der Waals surface area contributed by atoms with Gasteiger partial charge in [0.25, 0.3) is 0 Å². The SMILES string of the molecule is Cc1ccc(C(N)C(C)N(C)C2CCCCCC2)cc1. The Bertz CT molecular complexity index is 390. The summed E-state index contributed by atoms with van der Waals surface area (Å²) in [4.78, 5) is 2.52. The maximum atomic E-state index is 6.49. The summed E-state index contributed by atoms with van der Waals surface area (Å²) in [6, 6.07) is 9.88. The summed E-state index contributed by atoms with van der Waals surface area (Å²) in [7, 11) is 2.26. The van der Waals surface area contributed by atoms with Crippen LogP contribution in [0.15, 0.2) is 24.3 Å². The van der Waals surface area contributed by atoms with Crippen LogP contribution in [0.4, 0.5) is 0 Å². The van der Waals surface area contributed by atoms with E-state index in [1.807, 2.05) is 0 Å². The first-order valence-electron chi connectivity index (χ1n) is 8.13. The first-order chi connectivity index (χ1) is 9.59. The molecule has 0 saturated heterocycles. The topological polar surface area (TPSA) is 29.3 Å². The molecule has 1 saturated carbocycles. The summed E-state index contributed by atoms with van der Waals surface area (Å²) in [5.74, 6) is 0. The van der Waals surface area contributed by atoms with E-state index in [4.69, 9.17) is 5.73 Å². The molecule has 1 fully saturated rings. The quantitative estimate of drug-likeness (QED) is 0.840. The summed E-state index contributed by atoms with van der Waals surface area (Å²) < 4.78 is 0. The van der Waals surface area contributed by atoms with Crippen molar-refractivity contribution in [2.24, 2.45) is 5.73 Å². The van der Waals surface area contributed by atoms with E-state index in [-0.39, 0.29) is 6.04 Å². The number of nitrogens with two attached hydrogens (primary N) is 1. The zero-order valence-corrected chi connectivity index (χ0v) is 13.3. The minimum atomic E-state index is 0.101. The number of nitrogens with zero attached hydrogens (tertiary/aromatic N) is 1. The molecule has 0 amide bonds. The summed E-state index contributed by atoms with van der Waals surface area (Å²) in [5.41, 5.74) is 9.04. The smallest absolute Gasteiger partial charge is 0.0450 e. The molecule has 1 aliphatic carbocycles. The van der Waals surface area contributed by atoms with E-state index in [1.165, 1.54) is 49.7 Å². The molecular formula is C18H30N2. The Morgan fingerprint density at radius 1 is 1.05 bits per heavy atom. The Balaban J connectivity index is 2.01. The van der Waals surface area contributed by atoms with E-state index in [0.717, 1.165) is 0 Å². The summed E-state index contributed by atoms with van der Waals surface area (Å²) in [6.07, 6.45) is 8.23. The lowest BCUT2D eigenvalue weighted by atomic mass is 9.97. The van der Waals surface area contributed by atoms with Crippen LogP contribution in [-0.4, -0.2) is 24.0 Å². The Morgan fingerprint density at radius 3 is 2.15 bits per heavy atom. The highest BCUT2D eigenvalue weighted by Gasteiger charge is 2.25. The molecule has 2 unspecified atom stereocenters. The number of rotatable bonds is 4. The van der Waals surface area contributed by atoms with Crippen LogP contribution in [0.5, 0.6) is 0 Å². The van der Waals surface area contributed by atoms with Crippen molar-refractivity contribution in [1.82, 2.24) is 4.90 Å². The molecule has 112 valence electrons. The van der Waals surface area contributed by atoms with Gasteiger partial charge in [0, 0.05) is 18.1 Å². The van der Waals surface area contributed by atoms with Gasteiger partial charge in [0.15, 0.2) is 0 Å². The number of aryl methyl sites for hydroxylation is 1. The van der Waals surface area contributed by atoms with Crippen LogP contribution in [0.1, 0.15) is 62.6 Å². The van der Waals surface area contributed by atoms with Gasteiger partial charge in [0.1, 0.15) is 0 Å². The summed E-state index contributed by atoms with van der Waals surface area (Å²) in [5, 5.41) is 0. The van der Waals surface area contributed by atoms with E-state index >= 15 is 0 Å². The van der Waals surface area contributed by atoms with E-state index in [1.54, 1.807) is 0 Å². The molecule has 0 bridgehead atoms. The van der Waals surface area contributed by atoms with Crippen molar-refractivity contribution < 1.29 is 0 Å². The zero-order valence-electron chi connectivity index (χ0n) is 13.3. The third-order valence-electron chi connectivity index (χ3n) is 5.03. The van der Waals surface area contributed by atoms with E-state index in [0.29, 0.717) is 12.1 Å². The van der Waals surface area contributed by atoms with Gasteiger partial charge in [-0.2, -0.15) is 0 Å². The minimum absolute atomic E-state index is 0.101. The van der Waals surface area contributed by atoms with E-state index in [9.17, 15) is 0 Å². The summed E-state index contributed by atoms with van der Waals surface area (Å²) >= 11 is 0. The predicted octanol–water partition coefficient (Wildman–Crippen LogP) is 4.04. The van der Waals surface area contributed by atoms with Gasteiger partial charge in [-0.15, -0.1) is 0 Å². The molecule has 2 rings (SSSR count). The van der Waals surface area contributed by atoms with Gasteiger partial charge in [-0.1, -0.05) is 55.5 Å². The fraction of sp³-hybridized carbons (Fsp3) is 0.667. The third-order valence-corrected chi connectivity index (χ3v) is 5.03. The monoisotopic (exact) mass is 274 g/mol. The second-order valence-electron chi connectivity index (χ2n) is 6.49. The third kappa shape index (κ3) is 3.83. The molecule has 20 heavy (non-hydrogen) atoms. The van der Waals surface area contributed by atoms with Crippen molar-refractivity contribution in [1.29, 1.82) is 0 Å². The van der Waals surface area contributed by atoms with Crippen LogP contribution < -0.4 is 5.73 Å². The fourth-order valence-electron chi connectivity index (χ4n) is 3.32. The normalized spacial score (nSPS) is 20.6. The predicted molar refractivity (Wildman–Crippen MR) is 86.8 cm³/mol. The molecule has 0 spiro atoms. The van der Waals surface area contributed by atoms with Gasteiger partial charge in [-0.05, 0) is 39.3 Å². The highest BCUT2D eigenvalue weighted by atomic mass is 15.2. The number of likely N-dealkylation sites (N-methyl/N-ethyl adjacent to an activating group) is 1. The minimum Gasteiger partial charge on any atom is -0.323 e. The van der Waals surface area contributed by atoms with Crippen LogP contribution in [-0.2, 0) is 0 Å². The molecule has 1 aromatic carbocycles. The standard InChI is InChI=1S/C18H30N2/c1-14-10-12-16(13-11-14)18(19)15(2)20(3)17-8-6-4-5-7-9-17/h10-13,15,17-18H,4-9,19H2,1-3H3. The van der Waals surface area contributed by atoms with Gasteiger partial charge < -0.3 is 5.73 Å². The first-order valence-corrected chi connectivity index (χ1v) is 8.13. The van der Waals surface area contributed by atoms with Crippen molar-refractivity contribution in [2.45, 2.75) is 70.5 Å². The lowest BCUT2D eigenvalue weighted by Gasteiger charge is -2.36. The number of benzene rings is 1. The zero-order chi connectivity index (χ0) is 14.5. The molecule has 1 aliphatic rings. The summed E-state index contributed by atoms with van der Waals surface area (Å²) in [6.45, 7) is 4.39. The van der Waals surface area contributed by atoms with Crippen molar-refractivity contribution in [3.05, 3.63) is 35.4 Å². The van der Waals surface area contributed by atoms with Gasteiger partial charge in [-0.25, -0.2) is 0 Å². The average molecular weight is 274 g/mol. The van der Waals surface area contributed by atoms with Crippen LogP contribution in [0, 0.1) is 6.92 Å². The Morgan fingerprint density at radius 2 is 1.60 bits per heavy atom.